The highest BCUT2D eigenvalue weighted by Gasteiger charge is 2.18. The quantitative estimate of drug-likeness (QED) is 0.790. The van der Waals surface area contributed by atoms with E-state index < -0.39 is 0 Å². The van der Waals surface area contributed by atoms with Gasteiger partial charge in [-0.2, -0.15) is 5.10 Å². The fourth-order valence-electron chi connectivity index (χ4n) is 2.24. The highest BCUT2D eigenvalue weighted by molar-refractivity contribution is 6.31. The van der Waals surface area contributed by atoms with E-state index in [2.05, 4.69) is 36.1 Å². The van der Waals surface area contributed by atoms with Crippen LogP contribution >= 0.6 is 11.6 Å². The van der Waals surface area contributed by atoms with Gasteiger partial charge in [-0.3, -0.25) is 4.68 Å². The average Bonchev–Trinajstić information content (AvgIpc) is 2.76. The van der Waals surface area contributed by atoms with Crippen molar-refractivity contribution in [3.05, 3.63) is 16.9 Å². The van der Waals surface area contributed by atoms with Crippen LogP contribution in [0.2, 0.25) is 5.02 Å². The molecule has 1 unspecified atom stereocenters. The first-order valence-corrected chi connectivity index (χ1v) is 7.16. The molecule has 104 valence electrons. The first kappa shape index (κ1) is 15.5. The summed E-state index contributed by atoms with van der Waals surface area (Å²) in [6, 6.07) is 0.264. The molecule has 4 nitrogen and oxygen atoms in total. The summed E-state index contributed by atoms with van der Waals surface area (Å²) in [6.07, 6.45) is 2.78. The van der Waals surface area contributed by atoms with Gasteiger partial charge < -0.3 is 10.2 Å². The Balaban J connectivity index is 2.73. The van der Waals surface area contributed by atoms with Crippen molar-refractivity contribution in [1.82, 2.24) is 20.0 Å². The third kappa shape index (κ3) is 3.70. The molecule has 0 aromatic carbocycles. The monoisotopic (exact) mass is 272 g/mol. The first-order valence-electron chi connectivity index (χ1n) is 6.78. The van der Waals surface area contributed by atoms with Crippen LogP contribution in [0, 0.1) is 0 Å². The van der Waals surface area contributed by atoms with Crippen molar-refractivity contribution in [3.8, 4) is 0 Å². The largest absolute Gasteiger partial charge is 0.312 e. The standard InChI is InChI=1S/C13H25ClN4/c1-5-17(6-2)9-8-12(15-4)13-11(14)10-16-18(13)7-3/h10,12,15H,5-9H2,1-4H3. The van der Waals surface area contributed by atoms with Gasteiger partial charge >= 0.3 is 0 Å². The van der Waals surface area contributed by atoms with Gasteiger partial charge in [0.15, 0.2) is 0 Å². The molecule has 1 atom stereocenters. The minimum Gasteiger partial charge on any atom is -0.312 e. The highest BCUT2D eigenvalue weighted by Crippen LogP contribution is 2.25. The molecule has 0 fully saturated rings. The number of hydrogen-bond acceptors (Lipinski definition) is 3. The van der Waals surface area contributed by atoms with E-state index in [-0.39, 0.29) is 6.04 Å². The van der Waals surface area contributed by atoms with Gasteiger partial charge in [0.25, 0.3) is 0 Å². The molecule has 0 saturated carbocycles. The van der Waals surface area contributed by atoms with E-state index in [0.29, 0.717) is 0 Å². The Labute approximate surface area is 115 Å². The Kier molecular flexibility index (Phi) is 6.68. The van der Waals surface area contributed by atoms with E-state index in [0.717, 1.165) is 43.3 Å². The molecule has 1 aromatic rings. The molecule has 0 aliphatic rings. The second kappa shape index (κ2) is 7.77. The van der Waals surface area contributed by atoms with E-state index in [1.165, 1.54) is 0 Å². The summed E-state index contributed by atoms with van der Waals surface area (Å²) in [5, 5.41) is 8.41. The fraction of sp³-hybridized carbons (Fsp3) is 0.769. The number of aromatic nitrogens is 2. The lowest BCUT2D eigenvalue weighted by molar-refractivity contribution is 0.281. The summed E-state index contributed by atoms with van der Waals surface area (Å²) in [5.41, 5.74) is 1.11. The van der Waals surface area contributed by atoms with Gasteiger partial charge in [-0.15, -0.1) is 0 Å². The average molecular weight is 273 g/mol. The van der Waals surface area contributed by atoms with E-state index in [1.807, 2.05) is 11.7 Å². The van der Waals surface area contributed by atoms with Gasteiger partial charge in [0, 0.05) is 6.54 Å². The number of halogens is 1. The normalized spacial score (nSPS) is 13.2. The van der Waals surface area contributed by atoms with Gasteiger partial charge in [-0.05, 0) is 40.0 Å². The molecule has 0 bridgehead atoms. The Morgan fingerprint density at radius 2 is 2.06 bits per heavy atom. The molecule has 1 aromatic heterocycles. The van der Waals surface area contributed by atoms with Gasteiger partial charge in [0.2, 0.25) is 0 Å². The Morgan fingerprint density at radius 3 is 2.56 bits per heavy atom. The predicted molar refractivity (Wildman–Crippen MR) is 77.1 cm³/mol. The van der Waals surface area contributed by atoms with Crippen LogP contribution in [0.4, 0.5) is 0 Å². The van der Waals surface area contributed by atoms with Crippen molar-refractivity contribution in [1.29, 1.82) is 0 Å². The second-order valence-corrected chi connectivity index (χ2v) is 4.76. The fourth-order valence-corrected chi connectivity index (χ4v) is 2.51. The van der Waals surface area contributed by atoms with Crippen molar-refractivity contribution < 1.29 is 0 Å². The third-order valence-corrected chi connectivity index (χ3v) is 3.73. The molecule has 0 aliphatic heterocycles. The number of nitrogens with zero attached hydrogens (tertiary/aromatic N) is 3. The molecular weight excluding hydrogens is 248 g/mol. The Morgan fingerprint density at radius 1 is 1.39 bits per heavy atom. The molecular formula is C13H25ClN4. The third-order valence-electron chi connectivity index (χ3n) is 3.44. The Bertz CT molecular complexity index is 347. The zero-order valence-electron chi connectivity index (χ0n) is 11.9. The van der Waals surface area contributed by atoms with Gasteiger partial charge in [-0.1, -0.05) is 25.4 Å². The maximum Gasteiger partial charge on any atom is 0.0834 e. The van der Waals surface area contributed by atoms with E-state index in [1.54, 1.807) is 6.20 Å². The summed E-state index contributed by atoms with van der Waals surface area (Å²) < 4.78 is 1.98. The van der Waals surface area contributed by atoms with Crippen molar-refractivity contribution in [3.63, 3.8) is 0 Å². The van der Waals surface area contributed by atoms with Crippen molar-refractivity contribution in [2.24, 2.45) is 0 Å². The molecule has 0 radical (unpaired) electrons. The van der Waals surface area contributed by atoms with E-state index in [4.69, 9.17) is 11.6 Å². The van der Waals surface area contributed by atoms with Crippen LogP contribution in [0.25, 0.3) is 0 Å². The summed E-state index contributed by atoms with van der Waals surface area (Å²) in [4.78, 5) is 2.42. The summed E-state index contributed by atoms with van der Waals surface area (Å²) >= 11 is 6.24. The van der Waals surface area contributed by atoms with Crippen LogP contribution in [-0.2, 0) is 6.54 Å². The predicted octanol–water partition coefficient (Wildman–Crippen LogP) is 2.55. The number of rotatable bonds is 8. The van der Waals surface area contributed by atoms with Crippen molar-refractivity contribution in [2.75, 3.05) is 26.7 Å². The molecule has 0 amide bonds. The van der Waals surface area contributed by atoms with Gasteiger partial charge in [0.05, 0.1) is 23.0 Å². The smallest absolute Gasteiger partial charge is 0.0834 e. The summed E-state index contributed by atoms with van der Waals surface area (Å²) in [5.74, 6) is 0. The van der Waals surface area contributed by atoms with E-state index in [9.17, 15) is 0 Å². The van der Waals surface area contributed by atoms with Crippen LogP contribution in [0.1, 0.15) is 38.9 Å². The minimum atomic E-state index is 0.264. The number of nitrogens with one attached hydrogen (secondary N) is 1. The van der Waals surface area contributed by atoms with Gasteiger partial charge in [0.1, 0.15) is 0 Å². The van der Waals surface area contributed by atoms with Gasteiger partial charge in [-0.25, -0.2) is 0 Å². The lowest BCUT2D eigenvalue weighted by Gasteiger charge is -2.23. The Hall–Kier alpha value is -0.580. The zero-order valence-corrected chi connectivity index (χ0v) is 12.7. The molecule has 18 heavy (non-hydrogen) atoms. The summed E-state index contributed by atoms with van der Waals surface area (Å²) in [6.45, 7) is 10.6. The van der Waals surface area contributed by atoms with Crippen LogP contribution in [0.5, 0.6) is 0 Å². The van der Waals surface area contributed by atoms with Crippen LogP contribution < -0.4 is 5.32 Å². The molecule has 1 heterocycles. The highest BCUT2D eigenvalue weighted by atomic mass is 35.5. The zero-order chi connectivity index (χ0) is 13.5. The molecule has 0 saturated heterocycles. The summed E-state index contributed by atoms with van der Waals surface area (Å²) in [7, 11) is 1.98. The topological polar surface area (TPSA) is 33.1 Å². The maximum absolute atomic E-state index is 6.24. The molecule has 1 N–H and O–H groups in total. The second-order valence-electron chi connectivity index (χ2n) is 4.35. The van der Waals surface area contributed by atoms with Crippen molar-refractivity contribution >= 4 is 11.6 Å². The van der Waals surface area contributed by atoms with Crippen molar-refractivity contribution in [2.45, 2.75) is 39.8 Å². The van der Waals surface area contributed by atoms with Crippen LogP contribution in [0.15, 0.2) is 6.20 Å². The first-order chi connectivity index (χ1) is 8.67. The van der Waals surface area contributed by atoms with Crippen LogP contribution in [-0.4, -0.2) is 41.4 Å². The molecule has 0 spiro atoms. The SMILES string of the molecule is CCN(CC)CCC(NC)c1c(Cl)cnn1CC. The lowest BCUT2D eigenvalue weighted by Crippen LogP contribution is -2.29. The number of hydrogen-bond donors (Lipinski definition) is 1. The molecule has 5 heteroatoms. The molecule has 1 rings (SSSR count). The number of aryl methyl sites for hydroxylation is 1. The van der Waals surface area contributed by atoms with Crippen LogP contribution in [0.3, 0.4) is 0 Å². The maximum atomic E-state index is 6.24. The molecule has 0 aliphatic carbocycles. The lowest BCUT2D eigenvalue weighted by atomic mass is 10.1. The minimum absolute atomic E-state index is 0.264. The van der Waals surface area contributed by atoms with E-state index >= 15 is 0 Å².